The van der Waals surface area contributed by atoms with Crippen molar-refractivity contribution in [3.8, 4) is 11.5 Å². The first kappa shape index (κ1) is 34.3. The number of carbonyl (C=O) groups is 2. The lowest BCUT2D eigenvalue weighted by atomic mass is 10.0. The molecule has 1 aliphatic heterocycles. The van der Waals surface area contributed by atoms with Crippen molar-refractivity contribution in [3.05, 3.63) is 76.7 Å². The van der Waals surface area contributed by atoms with Crippen LogP contribution in [0.3, 0.4) is 0 Å². The van der Waals surface area contributed by atoms with Crippen molar-refractivity contribution in [2.45, 2.75) is 71.8 Å². The van der Waals surface area contributed by atoms with E-state index in [-0.39, 0.29) is 30.2 Å². The second-order valence-electron chi connectivity index (χ2n) is 10.6. The molecule has 0 bridgehead atoms. The molecule has 4 rings (SSSR count). The van der Waals surface area contributed by atoms with Crippen molar-refractivity contribution in [3.63, 3.8) is 0 Å². The number of aromatic nitrogens is 1. The highest BCUT2D eigenvalue weighted by Gasteiger charge is 2.34. The predicted octanol–water partition coefficient (Wildman–Crippen LogP) is 8.18. The first-order chi connectivity index (χ1) is 20.4. The van der Waals surface area contributed by atoms with Gasteiger partial charge in [-0.25, -0.2) is 14.8 Å². The van der Waals surface area contributed by atoms with E-state index < -0.39 is 47.4 Å². The molecule has 7 nitrogen and oxygen atoms in total. The molecule has 1 aliphatic rings. The van der Waals surface area contributed by atoms with E-state index in [1.54, 1.807) is 13.8 Å². The average Bonchev–Trinajstić information content (AvgIpc) is 3.57. The van der Waals surface area contributed by atoms with Gasteiger partial charge in [0.2, 0.25) is 11.8 Å². The van der Waals surface area contributed by atoms with Crippen LogP contribution in [0.4, 0.5) is 26.3 Å². The van der Waals surface area contributed by atoms with E-state index in [9.17, 15) is 35.9 Å². The minimum Gasteiger partial charge on any atom is -0.465 e. The Labute approximate surface area is 250 Å². The highest BCUT2D eigenvalue weighted by Crippen LogP contribution is 2.34. The maximum absolute atomic E-state index is 12.7. The second-order valence-corrected chi connectivity index (χ2v) is 10.6. The zero-order valence-corrected chi connectivity index (χ0v) is 24.8. The summed E-state index contributed by atoms with van der Waals surface area (Å²) in [6.45, 7) is 11.1. The normalized spacial score (nSPS) is 15.9. The fourth-order valence-corrected chi connectivity index (χ4v) is 4.08. The number of carbonyl (C=O) groups excluding carboxylic acids is 2. The van der Waals surface area contributed by atoms with Crippen molar-refractivity contribution < 1.29 is 49.8 Å². The highest BCUT2D eigenvalue weighted by molar-refractivity contribution is 6.06. The van der Waals surface area contributed by atoms with E-state index in [1.807, 2.05) is 27.7 Å². The van der Waals surface area contributed by atoms with Crippen molar-refractivity contribution in [1.82, 2.24) is 4.98 Å². The number of halogens is 6. The summed E-state index contributed by atoms with van der Waals surface area (Å²) in [5, 5.41) is 0. The van der Waals surface area contributed by atoms with Crippen LogP contribution in [0.1, 0.15) is 81.5 Å². The van der Waals surface area contributed by atoms with E-state index in [1.165, 1.54) is 24.3 Å². The molecule has 2 unspecified atom stereocenters. The molecule has 0 saturated heterocycles. The van der Waals surface area contributed by atoms with Crippen LogP contribution in [0.5, 0.6) is 0 Å². The summed E-state index contributed by atoms with van der Waals surface area (Å²) in [5.74, 6) is -0.930. The van der Waals surface area contributed by atoms with Gasteiger partial charge in [-0.15, -0.1) is 0 Å². The molecule has 2 aromatic carbocycles. The zero-order chi connectivity index (χ0) is 33.0. The van der Waals surface area contributed by atoms with E-state index in [0.29, 0.717) is 22.6 Å². The lowest BCUT2D eigenvalue weighted by molar-refractivity contribution is -0.145. The van der Waals surface area contributed by atoms with Gasteiger partial charge in [0, 0.05) is 11.1 Å². The van der Waals surface area contributed by atoms with Gasteiger partial charge in [-0.3, -0.25) is 4.79 Å². The molecule has 2 atom stereocenters. The first-order valence-corrected chi connectivity index (χ1v) is 13.8. The number of rotatable bonds is 7. The Morgan fingerprint density at radius 2 is 1.36 bits per heavy atom. The maximum Gasteiger partial charge on any atom is 0.416 e. The maximum atomic E-state index is 12.7. The molecule has 3 aromatic rings. The quantitative estimate of drug-likeness (QED) is 0.194. The molecule has 0 spiro atoms. The van der Waals surface area contributed by atoms with E-state index in [0.717, 1.165) is 24.3 Å². The number of ether oxygens (including phenoxy) is 2. The molecule has 2 heterocycles. The Morgan fingerprint density at radius 1 is 0.864 bits per heavy atom. The third-order valence-electron chi connectivity index (χ3n) is 6.51. The van der Waals surface area contributed by atoms with Gasteiger partial charge in [0.25, 0.3) is 0 Å². The molecule has 0 radical (unpaired) electrons. The molecular weight excluding hydrogens is 594 g/mol. The van der Waals surface area contributed by atoms with Crippen LogP contribution in [0.25, 0.3) is 11.5 Å². The lowest BCUT2D eigenvalue weighted by Crippen LogP contribution is -2.20. The molecular formula is C31H32F6N2O5. The van der Waals surface area contributed by atoms with Crippen LogP contribution in [0.15, 0.2) is 57.9 Å². The SMILES string of the molecule is CC(C)C1N=C(c2ccc(C(F)(F)F)cc2)OC1=O.CCOC(=O)C(C)c1oc(-c2ccc(C(F)(F)F)cc2)nc1C(C)C. The fourth-order valence-electron chi connectivity index (χ4n) is 4.08. The van der Waals surface area contributed by atoms with Gasteiger partial charge in [0.05, 0.1) is 23.4 Å². The number of nitrogens with zero attached hydrogens (tertiary/aromatic N) is 2. The predicted molar refractivity (Wildman–Crippen MR) is 149 cm³/mol. The first-order valence-electron chi connectivity index (χ1n) is 13.8. The van der Waals surface area contributed by atoms with Crippen LogP contribution in [0.2, 0.25) is 0 Å². The number of hydrogen-bond acceptors (Lipinski definition) is 7. The summed E-state index contributed by atoms with van der Waals surface area (Å²) >= 11 is 0. The molecule has 0 N–H and O–H groups in total. The number of alkyl halides is 6. The summed E-state index contributed by atoms with van der Waals surface area (Å²) in [7, 11) is 0. The number of oxazole rings is 1. The van der Waals surface area contributed by atoms with Gasteiger partial charge in [-0.1, -0.05) is 27.7 Å². The standard InChI is InChI=1S/C18H20F3NO3.C13H12F3NO2/c1-5-24-17(23)11(4)15-14(10(2)3)22-16(25-15)12-6-8-13(9-7-12)18(19,20)21;1-7(2)10-12(18)19-11(17-10)8-3-5-9(6-4-8)13(14,15)16/h6-11H,5H2,1-4H3;3-7,10H,1-2H3. The Balaban J connectivity index is 0.000000249. The van der Waals surface area contributed by atoms with Crippen molar-refractivity contribution in [1.29, 1.82) is 0 Å². The monoisotopic (exact) mass is 626 g/mol. The molecule has 0 aliphatic carbocycles. The van der Waals surface area contributed by atoms with Crippen LogP contribution in [-0.2, 0) is 31.4 Å². The summed E-state index contributed by atoms with van der Waals surface area (Å²) in [6.07, 6.45) is -8.78. The number of aliphatic imine (C=N–C) groups is 1. The lowest BCUT2D eigenvalue weighted by Gasteiger charge is -2.10. The minimum absolute atomic E-state index is 0.0144. The summed E-state index contributed by atoms with van der Waals surface area (Å²) < 4.78 is 91.0. The van der Waals surface area contributed by atoms with Crippen LogP contribution in [-0.4, -0.2) is 35.5 Å². The van der Waals surface area contributed by atoms with Crippen molar-refractivity contribution in [2.24, 2.45) is 10.9 Å². The van der Waals surface area contributed by atoms with Gasteiger partial charge < -0.3 is 13.9 Å². The molecule has 238 valence electrons. The zero-order valence-electron chi connectivity index (χ0n) is 24.8. The Hall–Kier alpha value is -4.16. The number of cyclic esters (lactones) is 1. The van der Waals surface area contributed by atoms with Gasteiger partial charge in [0.1, 0.15) is 11.7 Å². The van der Waals surface area contributed by atoms with Crippen LogP contribution >= 0.6 is 0 Å². The Kier molecular flexibility index (Phi) is 10.6. The topological polar surface area (TPSA) is 91.0 Å². The van der Waals surface area contributed by atoms with Gasteiger partial charge in [0.15, 0.2) is 6.04 Å². The second kappa shape index (κ2) is 13.6. The number of hydrogen-bond donors (Lipinski definition) is 0. The highest BCUT2D eigenvalue weighted by atomic mass is 19.4. The molecule has 0 amide bonds. The van der Waals surface area contributed by atoms with Crippen molar-refractivity contribution in [2.75, 3.05) is 6.61 Å². The van der Waals surface area contributed by atoms with Gasteiger partial charge in [-0.2, -0.15) is 26.3 Å². The molecule has 1 aromatic heterocycles. The van der Waals surface area contributed by atoms with E-state index >= 15 is 0 Å². The van der Waals surface area contributed by atoms with E-state index in [2.05, 4.69) is 9.98 Å². The minimum atomic E-state index is -4.40. The van der Waals surface area contributed by atoms with E-state index in [4.69, 9.17) is 13.9 Å². The molecule has 0 fully saturated rings. The van der Waals surface area contributed by atoms with Crippen LogP contribution in [0, 0.1) is 5.92 Å². The third-order valence-corrected chi connectivity index (χ3v) is 6.51. The molecule has 0 saturated carbocycles. The summed E-state index contributed by atoms with van der Waals surface area (Å²) in [6, 6.07) is 8.34. The van der Waals surface area contributed by atoms with Gasteiger partial charge in [-0.05, 0) is 74.2 Å². The fraction of sp³-hybridized carbons (Fsp3) is 0.419. The Bertz CT molecular complexity index is 1470. The molecule has 13 heteroatoms. The summed E-state index contributed by atoms with van der Waals surface area (Å²) in [4.78, 5) is 32.0. The van der Waals surface area contributed by atoms with Crippen molar-refractivity contribution >= 4 is 17.8 Å². The van der Waals surface area contributed by atoms with Crippen LogP contribution < -0.4 is 0 Å². The summed E-state index contributed by atoms with van der Waals surface area (Å²) in [5.41, 5.74) is -0.120. The molecule has 44 heavy (non-hydrogen) atoms. The Morgan fingerprint density at radius 3 is 1.77 bits per heavy atom. The van der Waals surface area contributed by atoms with Gasteiger partial charge >= 0.3 is 24.3 Å². The smallest absolute Gasteiger partial charge is 0.416 e. The average molecular weight is 627 g/mol. The number of benzene rings is 2. The number of esters is 2. The largest absolute Gasteiger partial charge is 0.465 e. The third kappa shape index (κ3) is 8.26.